The van der Waals surface area contributed by atoms with Crippen LogP contribution in [0.4, 0.5) is 17.2 Å². The number of ether oxygens (including phenoxy) is 2. The van der Waals surface area contributed by atoms with Crippen LogP contribution < -0.4 is 19.7 Å². The first-order valence-corrected chi connectivity index (χ1v) is 16.1. The summed E-state index contributed by atoms with van der Waals surface area (Å²) in [5.74, 6) is 1.75. The van der Waals surface area contributed by atoms with Crippen molar-refractivity contribution < 1.29 is 14.4 Å². The molecular weight excluding hydrogens is 614 g/mol. The van der Waals surface area contributed by atoms with Gasteiger partial charge in [-0.2, -0.15) is 0 Å². The van der Waals surface area contributed by atoms with Gasteiger partial charge in [0.25, 0.3) is 0 Å². The lowest BCUT2D eigenvalue weighted by molar-refractivity contribution is -0.383. The maximum absolute atomic E-state index is 13.0. The molecule has 0 bridgehead atoms. The molecule has 1 saturated heterocycles. The summed E-state index contributed by atoms with van der Waals surface area (Å²) in [6.45, 7) is 4.14. The zero-order valence-corrected chi connectivity index (χ0v) is 27.4. The summed E-state index contributed by atoms with van der Waals surface area (Å²) in [4.78, 5) is 21.9. The molecule has 242 valence electrons. The number of anilines is 2. The molecule has 9 nitrogen and oxygen atoms in total. The summed E-state index contributed by atoms with van der Waals surface area (Å²) in [7, 11) is 3.25. The Labute approximate surface area is 279 Å². The van der Waals surface area contributed by atoms with E-state index in [1.807, 2.05) is 89.8 Å². The highest BCUT2D eigenvalue weighted by atomic mass is 35.5. The predicted molar refractivity (Wildman–Crippen MR) is 188 cm³/mol. The van der Waals surface area contributed by atoms with Gasteiger partial charge in [-0.15, -0.1) is 0 Å². The van der Waals surface area contributed by atoms with Crippen molar-refractivity contribution in [1.82, 2.24) is 9.88 Å². The van der Waals surface area contributed by atoms with Crippen molar-refractivity contribution in [3.63, 3.8) is 0 Å². The lowest BCUT2D eigenvalue weighted by Crippen LogP contribution is -2.25. The lowest BCUT2D eigenvalue weighted by Gasteiger charge is -2.26. The van der Waals surface area contributed by atoms with Crippen molar-refractivity contribution in [3.8, 4) is 11.5 Å². The van der Waals surface area contributed by atoms with Gasteiger partial charge in [0.2, 0.25) is 5.82 Å². The molecule has 5 aromatic rings. The van der Waals surface area contributed by atoms with Gasteiger partial charge in [-0.3, -0.25) is 15.0 Å². The van der Waals surface area contributed by atoms with Crippen molar-refractivity contribution in [1.29, 1.82) is 0 Å². The third kappa shape index (κ3) is 7.59. The molecular formula is C37H38ClN5O4. The number of pyridine rings is 1. The Morgan fingerprint density at radius 2 is 1.47 bits per heavy atom. The van der Waals surface area contributed by atoms with Gasteiger partial charge >= 0.3 is 5.69 Å². The molecule has 1 aliphatic rings. The van der Waals surface area contributed by atoms with Crippen molar-refractivity contribution in [2.75, 3.05) is 37.5 Å². The first-order valence-electron chi connectivity index (χ1n) is 15.7. The van der Waals surface area contributed by atoms with E-state index in [0.717, 1.165) is 53.4 Å². The number of nitrogens with one attached hydrogen (secondary N) is 1. The second-order valence-electron chi connectivity index (χ2n) is 11.7. The van der Waals surface area contributed by atoms with E-state index in [1.165, 1.54) is 12.8 Å². The van der Waals surface area contributed by atoms with Crippen LogP contribution in [0, 0.1) is 10.1 Å². The average Bonchev–Trinajstić information content (AvgIpc) is 3.61. The van der Waals surface area contributed by atoms with E-state index < -0.39 is 0 Å². The molecule has 10 heteroatoms. The Bertz CT molecular complexity index is 1790. The zero-order chi connectivity index (χ0) is 32.8. The number of hydrogen-bond acceptors (Lipinski definition) is 8. The molecule has 0 unspecified atom stereocenters. The fourth-order valence-electron chi connectivity index (χ4n) is 6.07. The summed E-state index contributed by atoms with van der Waals surface area (Å²) in [5.41, 5.74) is 4.94. The number of nitrogens with zero attached hydrogens (tertiary/aromatic N) is 4. The van der Waals surface area contributed by atoms with Gasteiger partial charge in [-0.05, 0) is 84.6 Å². The van der Waals surface area contributed by atoms with Gasteiger partial charge in [0.05, 0.1) is 24.7 Å². The molecule has 0 radical (unpaired) electrons. The van der Waals surface area contributed by atoms with E-state index in [0.29, 0.717) is 41.2 Å². The molecule has 47 heavy (non-hydrogen) atoms. The van der Waals surface area contributed by atoms with E-state index in [1.54, 1.807) is 14.2 Å². The second kappa shape index (κ2) is 14.7. The van der Waals surface area contributed by atoms with Gasteiger partial charge in [-0.1, -0.05) is 66.2 Å². The number of nitro groups is 1. The molecule has 0 amide bonds. The van der Waals surface area contributed by atoms with Crippen LogP contribution in [0.2, 0.25) is 5.02 Å². The van der Waals surface area contributed by atoms with Crippen molar-refractivity contribution in [2.24, 2.45) is 0 Å². The molecule has 0 atom stereocenters. The number of benzene rings is 4. The molecule has 2 heterocycles. The van der Waals surface area contributed by atoms with Gasteiger partial charge in [0.1, 0.15) is 17.2 Å². The highest BCUT2D eigenvalue weighted by Crippen LogP contribution is 2.41. The molecule has 0 aliphatic carbocycles. The van der Waals surface area contributed by atoms with E-state index >= 15 is 0 Å². The fourth-order valence-corrected chi connectivity index (χ4v) is 6.33. The van der Waals surface area contributed by atoms with Crippen LogP contribution in [0.1, 0.15) is 35.1 Å². The van der Waals surface area contributed by atoms with Crippen LogP contribution in [0.5, 0.6) is 11.5 Å². The molecule has 1 N–H and O–H groups in total. The smallest absolute Gasteiger partial charge is 0.335 e. The number of methoxy groups -OCH3 is 2. The van der Waals surface area contributed by atoms with Crippen LogP contribution in [-0.2, 0) is 26.2 Å². The molecule has 1 aliphatic heterocycles. The zero-order valence-electron chi connectivity index (χ0n) is 26.6. The van der Waals surface area contributed by atoms with Crippen LogP contribution in [0.15, 0.2) is 91.0 Å². The summed E-state index contributed by atoms with van der Waals surface area (Å²) < 4.78 is 10.7. The fraction of sp³-hybridized carbons (Fsp3) is 0.270. The lowest BCUT2D eigenvalue weighted by atomic mass is 10.1. The van der Waals surface area contributed by atoms with Crippen LogP contribution in [0.25, 0.3) is 10.9 Å². The highest BCUT2D eigenvalue weighted by molar-refractivity contribution is 6.31. The van der Waals surface area contributed by atoms with Gasteiger partial charge < -0.3 is 19.7 Å². The summed E-state index contributed by atoms with van der Waals surface area (Å²) in [6, 6.07) is 29.0. The average molecular weight is 652 g/mol. The topological polar surface area (TPSA) is 93.0 Å². The number of hydrogen-bond donors (Lipinski definition) is 1. The van der Waals surface area contributed by atoms with Gasteiger partial charge in [0.15, 0.2) is 0 Å². The maximum Gasteiger partial charge on any atom is 0.335 e. The predicted octanol–water partition coefficient (Wildman–Crippen LogP) is 8.23. The summed E-state index contributed by atoms with van der Waals surface area (Å²) in [5, 5.41) is 17.8. The summed E-state index contributed by atoms with van der Waals surface area (Å²) in [6.07, 6.45) is 2.44. The van der Waals surface area contributed by atoms with Crippen LogP contribution >= 0.6 is 11.6 Å². The Morgan fingerprint density at radius 1 is 0.872 bits per heavy atom. The van der Waals surface area contributed by atoms with Crippen molar-refractivity contribution in [3.05, 3.63) is 128 Å². The van der Waals surface area contributed by atoms with E-state index in [2.05, 4.69) is 16.3 Å². The first-order chi connectivity index (χ1) is 22.9. The first kappa shape index (κ1) is 32.1. The Morgan fingerprint density at radius 3 is 2.04 bits per heavy atom. The van der Waals surface area contributed by atoms with E-state index in [4.69, 9.17) is 26.1 Å². The monoisotopic (exact) mass is 651 g/mol. The molecule has 6 rings (SSSR count). The van der Waals surface area contributed by atoms with Crippen LogP contribution in [-0.4, -0.2) is 42.1 Å². The minimum absolute atomic E-state index is 0.0810. The number of aromatic nitrogens is 1. The third-order valence-electron chi connectivity index (χ3n) is 8.57. The number of fused-ring (bicyclic) bond motifs is 1. The van der Waals surface area contributed by atoms with E-state index in [-0.39, 0.29) is 16.4 Å². The standard InChI is InChI=1S/C37H38ClN5O4/c1-46-30-15-10-26(11-16-30)23-42(24-27-12-17-31(47-2)18-13-27)37-36(43(44)45)35(32-7-3-4-8-34(32)40-37)39-22-28-9-14-29(33(38)21-28)25-41-19-5-6-20-41/h3-4,7-18,21H,5-6,19-20,22-25H2,1-2H3,(H,39,40). The number of halogens is 1. The minimum Gasteiger partial charge on any atom is -0.497 e. The molecule has 0 saturated carbocycles. The SMILES string of the molecule is COc1ccc(CN(Cc2ccc(OC)cc2)c2nc3ccccc3c(NCc3ccc(CN4CCCC4)c(Cl)c3)c2[N+](=O)[O-])cc1. The molecule has 1 fully saturated rings. The number of rotatable bonds is 13. The highest BCUT2D eigenvalue weighted by Gasteiger charge is 2.29. The minimum atomic E-state index is -0.335. The number of para-hydroxylation sites is 1. The van der Waals surface area contributed by atoms with Gasteiger partial charge in [-0.25, -0.2) is 4.98 Å². The van der Waals surface area contributed by atoms with Crippen LogP contribution in [0.3, 0.4) is 0 Å². The number of likely N-dealkylation sites (tertiary alicyclic amines) is 1. The Kier molecular flexibility index (Phi) is 10.0. The maximum atomic E-state index is 13.0. The van der Waals surface area contributed by atoms with Crippen molar-refractivity contribution >= 4 is 39.7 Å². The normalized spacial score (nSPS) is 13.1. The van der Waals surface area contributed by atoms with Gasteiger partial charge in [0, 0.05) is 36.6 Å². The molecule has 0 spiro atoms. The molecule has 1 aromatic heterocycles. The Balaban J connectivity index is 1.38. The largest absolute Gasteiger partial charge is 0.497 e. The molecule has 4 aromatic carbocycles. The van der Waals surface area contributed by atoms with Crippen molar-refractivity contribution in [2.45, 2.75) is 39.0 Å². The van der Waals surface area contributed by atoms with E-state index in [9.17, 15) is 10.1 Å². The Hall–Kier alpha value is -4.86. The quantitative estimate of drug-likeness (QED) is 0.101. The summed E-state index contributed by atoms with van der Waals surface area (Å²) >= 11 is 6.73. The second-order valence-corrected chi connectivity index (χ2v) is 12.2. The third-order valence-corrected chi connectivity index (χ3v) is 8.93.